The average molecular weight is 291 g/mol. The minimum atomic E-state index is -0.711. The Morgan fingerprint density at radius 1 is 1.29 bits per heavy atom. The van der Waals surface area contributed by atoms with Crippen LogP contribution in [-0.2, 0) is 0 Å². The van der Waals surface area contributed by atoms with Gasteiger partial charge in [-0.1, -0.05) is 6.92 Å². The summed E-state index contributed by atoms with van der Waals surface area (Å²) in [6.07, 6.45) is 6.70. The van der Waals surface area contributed by atoms with E-state index < -0.39 is 5.60 Å². The molecule has 0 fully saturated rings. The Labute approximate surface area is 126 Å². The fraction of sp³-hybridized carbons (Fsp3) is 0.588. The van der Waals surface area contributed by atoms with Gasteiger partial charge < -0.3 is 14.6 Å². The molecule has 1 unspecified atom stereocenters. The fourth-order valence-corrected chi connectivity index (χ4v) is 2.73. The van der Waals surface area contributed by atoms with E-state index >= 15 is 0 Å². The van der Waals surface area contributed by atoms with E-state index in [4.69, 9.17) is 9.47 Å². The van der Waals surface area contributed by atoms with Gasteiger partial charge in [0.2, 0.25) is 5.88 Å². The molecule has 0 saturated heterocycles. The van der Waals surface area contributed by atoms with Crippen LogP contribution in [0, 0.1) is 0 Å². The number of pyridine rings is 1. The number of rotatable bonds is 6. The molecule has 1 aromatic rings. The predicted octanol–water partition coefficient (Wildman–Crippen LogP) is 3.50. The second-order valence-electron chi connectivity index (χ2n) is 5.74. The molecule has 0 spiro atoms. The number of aliphatic hydroxyl groups is 1. The second-order valence-corrected chi connectivity index (χ2v) is 5.74. The maximum atomic E-state index is 10.5. The zero-order valence-electron chi connectivity index (χ0n) is 13.2. The normalized spacial score (nSPS) is 18.3. The van der Waals surface area contributed by atoms with Crippen molar-refractivity contribution in [3.8, 4) is 11.6 Å². The Bertz CT molecular complexity index is 491. The highest BCUT2D eigenvalue weighted by molar-refractivity contribution is 5.28. The van der Waals surface area contributed by atoms with E-state index in [0.717, 1.165) is 37.0 Å². The maximum absolute atomic E-state index is 10.5. The molecule has 1 N–H and O–H groups in total. The van der Waals surface area contributed by atoms with Crippen LogP contribution in [0.1, 0.15) is 46.0 Å². The van der Waals surface area contributed by atoms with E-state index in [9.17, 15) is 5.11 Å². The number of methoxy groups -OCH3 is 1. The standard InChI is InChI=1S/C17H25NO3/c1-4-17(2,19)15-8-6-5-7-13(15)12-21-14-9-10-16(20-3)18-11-14/h9-11,19H,4-8,12H2,1-3H3. The predicted molar refractivity (Wildman–Crippen MR) is 82.7 cm³/mol. The monoisotopic (exact) mass is 291 g/mol. The molecule has 1 heterocycles. The molecule has 0 amide bonds. The van der Waals surface area contributed by atoms with Crippen molar-refractivity contribution in [2.24, 2.45) is 0 Å². The van der Waals surface area contributed by atoms with Crippen LogP contribution in [0.15, 0.2) is 29.5 Å². The smallest absolute Gasteiger partial charge is 0.213 e. The number of hydrogen-bond acceptors (Lipinski definition) is 4. The molecule has 1 atom stereocenters. The van der Waals surface area contributed by atoms with Crippen molar-refractivity contribution in [3.63, 3.8) is 0 Å². The van der Waals surface area contributed by atoms with Gasteiger partial charge in [-0.2, -0.15) is 0 Å². The molecular weight excluding hydrogens is 266 g/mol. The highest BCUT2D eigenvalue weighted by Crippen LogP contribution is 2.34. The molecule has 0 bridgehead atoms. The summed E-state index contributed by atoms with van der Waals surface area (Å²) in [6.45, 7) is 4.45. The summed E-state index contributed by atoms with van der Waals surface area (Å²) in [6, 6.07) is 3.64. The lowest BCUT2D eigenvalue weighted by atomic mass is 9.81. The van der Waals surface area contributed by atoms with E-state index in [2.05, 4.69) is 4.98 Å². The Hall–Kier alpha value is -1.55. The quantitative estimate of drug-likeness (QED) is 0.815. The molecule has 1 aliphatic rings. The van der Waals surface area contributed by atoms with E-state index in [0.29, 0.717) is 12.5 Å². The summed E-state index contributed by atoms with van der Waals surface area (Å²) >= 11 is 0. The second kappa shape index (κ2) is 6.94. The number of nitrogens with zero attached hydrogens (tertiary/aromatic N) is 1. The molecular formula is C17H25NO3. The van der Waals surface area contributed by atoms with Gasteiger partial charge in [0.05, 0.1) is 18.9 Å². The first-order chi connectivity index (χ1) is 10.1. The summed E-state index contributed by atoms with van der Waals surface area (Å²) in [5.41, 5.74) is 1.69. The van der Waals surface area contributed by atoms with E-state index in [1.165, 1.54) is 12.0 Å². The van der Waals surface area contributed by atoms with Crippen molar-refractivity contribution in [1.82, 2.24) is 4.98 Å². The zero-order valence-corrected chi connectivity index (χ0v) is 13.2. The van der Waals surface area contributed by atoms with Crippen LogP contribution in [0.3, 0.4) is 0 Å². The van der Waals surface area contributed by atoms with Gasteiger partial charge in [0.25, 0.3) is 0 Å². The van der Waals surface area contributed by atoms with Crippen LogP contribution in [-0.4, -0.2) is 29.4 Å². The molecule has 4 nitrogen and oxygen atoms in total. The summed E-state index contributed by atoms with van der Waals surface area (Å²) in [7, 11) is 1.59. The van der Waals surface area contributed by atoms with Gasteiger partial charge in [-0.05, 0) is 56.2 Å². The van der Waals surface area contributed by atoms with Crippen molar-refractivity contribution in [2.45, 2.75) is 51.6 Å². The van der Waals surface area contributed by atoms with Crippen molar-refractivity contribution in [3.05, 3.63) is 29.5 Å². The van der Waals surface area contributed by atoms with Crippen molar-refractivity contribution in [1.29, 1.82) is 0 Å². The van der Waals surface area contributed by atoms with Gasteiger partial charge in [0, 0.05) is 6.07 Å². The molecule has 0 aliphatic heterocycles. The first-order valence-electron chi connectivity index (χ1n) is 7.63. The van der Waals surface area contributed by atoms with Gasteiger partial charge in [-0.3, -0.25) is 0 Å². The molecule has 2 rings (SSSR count). The van der Waals surface area contributed by atoms with Crippen molar-refractivity contribution < 1.29 is 14.6 Å². The third-order valence-corrected chi connectivity index (χ3v) is 4.25. The van der Waals surface area contributed by atoms with Crippen LogP contribution in [0.25, 0.3) is 0 Å². The van der Waals surface area contributed by atoms with Gasteiger partial charge in [0.15, 0.2) is 0 Å². The lowest BCUT2D eigenvalue weighted by Crippen LogP contribution is -2.29. The van der Waals surface area contributed by atoms with Gasteiger partial charge in [-0.25, -0.2) is 4.98 Å². The molecule has 0 saturated carbocycles. The lowest BCUT2D eigenvalue weighted by Gasteiger charge is -2.31. The molecule has 116 valence electrons. The van der Waals surface area contributed by atoms with Crippen molar-refractivity contribution >= 4 is 0 Å². The SMILES string of the molecule is CCC(C)(O)C1=C(COc2ccc(OC)nc2)CCCC1. The Kier molecular flexibility index (Phi) is 5.23. The number of aromatic nitrogens is 1. The Balaban J connectivity index is 2.08. The van der Waals surface area contributed by atoms with Gasteiger partial charge in [0.1, 0.15) is 12.4 Å². The molecule has 1 aliphatic carbocycles. The summed E-state index contributed by atoms with van der Waals surface area (Å²) in [5.74, 6) is 1.30. The third kappa shape index (κ3) is 3.97. The number of ether oxygens (including phenoxy) is 2. The summed E-state index contributed by atoms with van der Waals surface area (Å²) in [4.78, 5) is 4.13. The first-order valence-corrected chi connectivity index (χ1v) is 7.63. The van der Waals surface area contributed by atoms with Crippen LogP contribution in [0.4, 0.5) is 0 Å². The van der Waals surface area contributed by atoms with Crippen LogP contribution in [0.2, 0.25) is 0 Å². The minimum absolute atomic E-state index is 0.527. The largest absolute Gasteiger partial charge is 0.488 e. The zero-order chi connectivity index (χ0) is 15.3. The lowest BCUT2D eigenvalue weighted by molar-refractivity contribution is 0.0862. The van der Waals surface area contributed by atoms with Gasteiger partial charge >= 0.3 is 0 Å². The van der Waals surface area contributed by atoms with Crippen LogP contribution < -0.4 is 9.47 Å². The number of hydrogen-bond donors (Lipinski definition) is 1. The Morgan fingerprint density at radius 2 is 2.05 bits per heavy atom. The Morgan fingerprint density at radius 3 is 2.67 bits per heavy atom. The molecule has 0 radical (unpaired) electrons. The highest BCUT2D eigenvalue weighted by Gasteiger charge is 2.28. The summed E-state index contributed by atoms with van der Waals surface area (Å²) < 4.78 is 10.9. The van der Waals surface area contributed by atoms with Gasteiger partial charge in [-0.15, -0.1) is 0 Å². The van der Waals surface area contributed by atoms with E-state index in [1.54, 1.807) is 19.4 Å². The molecule has 1 aromatic heterocycles. The van der Waals surface area contributed by atoms with E-state index in [-0.39, 0.29) is 0 Å². The summed E-state index contributed by atoms with van der Waals surface area (Å²) in [5, 5.41) is 10.5. The third-order valence-electron chi connectivity index (χ3n) is 4.25. The minimum Gasteiger partial charge on any atom is -0.488 e. The van der Waals surface area contributed by atoms with Crippen LogP contribution >= 0.6 is 0 Å². The van der Waals surface area contributed by atoms with Crippen molar-refractivity contribution in [2.75, 3.05) is 13.7 Å². The molecule has 21 heavy (non-hydrogen) atoms. The molecule has 4 heteroatoms. The highest BCUT2D eigenvalue weighted by atomic mass is 16.5. The topological polar surface area (TPSA) is 51.6 Å². The van der Waals surface area contributed by atoms with E-state index in [1.807, 2.05) is 19.9 Å². The average Bonchev–Trinajstić information content (AvgIpc) is 2.53. The maximum Gasteiger partial charge on any atom is 0.213 e. The molecule has 0 aromatic carbocycles. The van der Waals surface area contributed by atoms with Crippen LogP contribution in [0.5, 0.6) is 11.6 Å². The fourth-order valence-electron chi connectivity index (χ4n) is 2.73. The first kappa shape index (κ1) is 15.8.